The van der Waals surface area contributed by atoms with Gasteiger partial charge in [0.1, 0.15) is 12.1 Å². The maximum absolute atomic E-state index is 12.5. The number of carbonyl (C=O) groups is 2. The Kier molecular flexibility index (Phi) is 5.62. The van der Waals surface area contributed by atoms with E-state index in [0.29, 0.717) is 23.1 Å². The van der Waals surface area contributed by atoms with E-state index in [1.54, 1.807) is 35.4 Å². The summed E-state index contributed by atoms with van der Waals surface area (Å²) < 4.78 is 1.76. The molecular weight excluding hydrogens is 400 g/mol. The molecule has 0 fully saturated rings. The second kappa shape index (κ2) is 8.66. The first kappa shape index (κ1) is 19.5. The second-order valence-corrected chi connectivity index (χ2v) is 7.33. The topological polar surface area (TPSA) is 102 Å². The highest BCUT2D eigenvalue weighted by Gasteiger charge is 2.11. The predicted octanol–water partition coefficient (Wildman–Crippen LogP) is 3.28. The molecule has 1 aromatic carbocycles. The number of pyridine rings is 1. The third-order valence-corrected chi connectivity index (χ3v) is 5.05. The van der Waals surface area contributed by atoms with Gasteiger partial charge in [0.15, 0.2) is 5.13 Å². The van der Waals surface area contributed by atoms with Crippen molar-refractivity contribution in [1.82, 2.24) is 24.8 Å². The van der Waals surface area contributed by atoms with E-state index in [1.807, 2.05) is 29.6 Å². The number of hydrogen-bond donors (Lipinski definition) is 2. The fraction of sp³-hybridized carbons (Fsp3) is 0.0952. The molecule has 0 aliphatic carbocycles. The molecule has 0 radical (unpaired) electrons. The van der Waals surface area contributed by atoms with Crippen LogP contribution < -0.4 is 10.6 Å². The fourth-order valence-corrected chi connectivity index (χ4v) is 3.44. The summed E-state index contributed by atoms with van der Waals surface area (Å²) in [6, 6.07) is 11.2. The summed E-state index contributed by atoms with van der Waals surface area (Å²) >= 11 is 1.35. The first-order valence-electron chi connectivity index (χ1n) is 9.13. The van der Waals surface area contributed by atoms with Gasteiger partial charge in [0.05, 0.1) is 11.3 Å². The lowest BCUT2D eigenvalue weighted by Gasteiger charge is -2.04. The van der Waals surface area contributed by atoms with E-state index in [0.717, 1.165) is 16.8 Å². The third-order valence-electron chi connectivity index (χ3n) is 4.29. The van der Waals surface area contributed by atoms with Crippen LogP contribution in [0.3, 0.4) is 0 Å². The molecule has 8 nitrogen and oxygen atoms in total. The van der Waals surface area contributed by atoms with Crippen LogP contribution in [0.25, 0.3) is 17.1 Å². The number of thiazole rings is 1. The zero-order valence-corrected chi connectivity index (χ0v) is 16.9. The van der Waals surface area contributed by atoms with Gasteiger partial charge in [-0.25, -0.2) is 15.0 Å². The lowest BCUT2D eigenvalue weighted by Crippen LogP contribution is -2.18. The maximum Gasteiger partial charge on any atom is 0.259 e. The lowest BCUT2D eigenvalue weighted by atomic mass is 10.1. The summed E-state index contributed by atoms with van der Waals surface area (Å²) in [6.45, 7) is 1.98. The minimum Gasteiger partial charge on any atom is -0.352 e. The van der Waals surface area contributed by atoms with E-state index in [9.17, 15) is 9.59 Å². The van der Waals surface area contributed by atoms with Gasteiger partial charge in [-0.15, -0.1) is 11.3 Å². The molecule has 0 spiro atoms. The molecule has 3 heterocycles. The van der Waals surface area contributed by atoms with E-state index >= 15 is 0 Å². The van der Waals surface area contributed by atoms with Crippen LogP contribution in [-0.4, -0.2) is 31.3 Å². The second-order valence-electron chi connectivity index (χ2n) is 6.47. The normalized spacial score (nSPS) is 10.6. The van der Waals surface area contributed by atoms with Gasteiger partial charge >= 0.3 is 0 Å². The van der Waals surface area contributed by atoms with Gasteiger partial charge in [0.25, 0.3) is 5.91 Å². The molecule has 0 atom stereocenters. The van der Waals surface area contributed by atoms with Crippen molar-refractivity contribution in [3.63, 3.8) is 0 Å². The van der Waals surface area contributed by atoms with Crippen molar-refractivity contribution in [2.45, 2.75) is 13.5 Å². The molecular formula is C21H18N6O2S. The molecule has 0 aliphatic heterocycles. The Bertz CT molecular complexity index is 1150. The average molecular weight is 418 g/mol. The molecule has 0 saturated heterocycles. The van der Waals surface area contributed by atoms with E-state index in [1.165, 1.54) is 24.5 Å². The number of nitrogens with zero attached hydrogens (tertiary/aromatic N) is 4. The highest BCUT2D eigenvalue weighted by Crippen LogP contribution is 2.25. The van der Waals surface area contributed by atoms with Gasteiger partial charge in [0.2, 0.25) is 5.91 Å². The number of amides is 2. The number of benzene rings is 1. The van der Waals surface area contributed by atoms with Crippen LogP contribution in [0.4, 0.5) is 5.13 Å². The number of anilines is 1. The van der Waals surface area contributed by atoms with Crippen molar-refractivity contribution in [3.05, 3.63) is 77.8 Å². The predicted molar refractivity (Wildman–Crippen MR) is 114 cm³/mol. The first-order valence-corrected chi connectivity index (χ1v) is 10.0. The van der Waals surface area contributed by atoms with Crippen LogP contribution in [0.2, 0.25) is 0 Å². The molecule has 4 aromatic rings. The molecule has 150 valence electrons. The summed E-state index contributed by atoms with van der Waals surface area (Å²) in [5.41, 5.74) is 3.15. The van der Waals surface area contributed by atoms with Crippen LogP contribution in [0.15, 0.2) is 66.7 Å². The molecule has 2 N–H and O–H groups in total. The van der Waals surface area contributed by atoms with Crippen molar-refractivity contribution in [3.8, 4) is 17.1 Å². The maximum atomic E-state index is 12.5. The molecule has 0 bridgehead atoms. The summed E-state index contributed by atoms with van der Waals surface area (Å²) in [5.74, 6) is 0.347. The Morgan fingerprint density at radius 1 is 1.13 bits per heavy atom. The molecule has 3 aromatic heterocycles. The van der Waals surface area contributed by atoms with Crippen LogP contribution >= 0.6 is 11.3 Å². The van der Waals surface area contributed by atoms with Gasteiger partial charge in [-0.3, -0.25) is 19.5 Å². The number of rotatable bonds is 6. The van der Waals surface area contributed by atoms with Crippen molar-refractivity contribution in [1.29, 1.82) is 0 Å². The fourth-order valence-electron chi connectivity index (χ4n) is 2.72. The number of carbonyl (C=O) groups excluding carboxylic acids is 2. The quantitative estimate of drug-likeness (QED) is 0.500. The molecule has 0 unspecified atom stereocenters. The zero-order valence-electron chi connectivity index (χ0n) is 16.1. The number of nitrogens with one attached hydrogen (secondary N) is 2. The van der Waals surface area contributed by atoms with Gasteiger partial charge in [-0.1, -0.05) is 24.3 Å². The summed E-state index contributed by atoms with van der Waals surface area (Å²) in [5, 5.41) is 7.97. The third kappa shape index (κ3) is 4.58. The van der Waals surface area contributed by atoms with Crippen LogP contribution in [0, 0.1) is 0 Å². The Balaban J connectivity index is 1.40. The highest BCUT2D eigenvalue weighted by molar-refractivity contribution is 7.14. The van der Waals surface area contributed by atoms with Crippen molar-refractivity contribution < 1.29 is 9.59 Å². The number of imidazole rings is 1. The molecule has 2 amide bonds. The highest BCUT2D eigenvalue weighted by atomic mass is 32.1. The summed E-state index contributed by atoms with van der Waals surface area (Å²) in [6.07, 6.45) is 6.61. The SMILES string of the molecule is CC(=O)NCc1ccc(-c2csc(NC(=O)c3ccc(-n4ccnc4)nc3)n2)cc1. The van der Waals surface area contributed by atoms with Crippen molar-refractivity contribution >= 4 is 28.3 Å². The van der Waals surface area contributed by atoms with Gasteiger partial charge in [-0.05, 0) is 17.7 Å². The zero-order chi connectivity index (χ0) is 20.9. The number of hydrogen-bond acceptors (Lipinski definition) is 6. The average Bonchev–Trinajstić information content (AvgIpc) is 3.45. The molecule has 0 saturated carbocycles. The molecule has 0 aliphatic rings. The van der Waals surface area contributed by atoms with E-state index in [-0.39, 0.29) is 11.8 Å². The number of aromatic nitrogens is 4. The Morgan fingerprint density at radius 2 is 1.97 bits per heavy atom. The Labute approximate surface area is 176 Å². The Hall–Kier alpha value is -3.85. The minimum atomic E-state index is -0.272. The molecule has 4 rings (SSSR count). The first-order chi connectivity index (χ1) is 14.6. The van der Waals surface area contributed by atoms with Gasteiger partial charge < -0.3 is 5.32 Å². The lowest BCUT2D eigenvalue weighted by molar-refractivity contribution is -0.119. The van der Waals surface area contributed by atoms with Gasteiger partial charge in [0, 0.05) is 43.0 Å². The largest absolute Gasteiger partial charge is 0.352 e. The summed E-state index contributed by atoms with van der Waals surface area (Å²) in [4.78, 5) is 36.3. The van der Waals surface area contributed by atoms with E-state index < -0.39 is 0 Å². The minimum absolute atomic E-state index is 0.0643. The van der Waals surface area contributed by atoms with E-state index in [2.05, 4.69) is 25.6 Å². The van der Waals surface area contributed by atoms with Crippen LogP contribution in [0.1, 0.15) is 22.8 Å². The standard InChI is InChI=1S/C21H18N6O2S/c1-14(28)23-10-15-2-4-16(5-3-15)18-12-30-21(25-18)26-20(29)17-6-7-19(24-11-17)27-9-8-22-13-27/h2-9,11-13H,10H2,1H3,(H,23,28)(H,25,26,29). The van der Waals surface area contributed by atoms with E-state index in [4.69, 9.17) is 0 Å². The molecule has 9 heteroatoms. The summed E-state index contributed by atoms with van der Waals surface area (Å²) in [7, 11) is 0. The smallest absolute Gasteiger partial charge is 0.259 e. The van der Waals surface area contributed by atoms with Gasteiger partial charge in [-0.2, -0.15) is 0 Å². The van der Waals surface area contributed by atoms with Crippen LogP contribution in [-0.2, 0) is 11.3 Å². The Morgan fingerprint density at radius 3 is 2.63 bits per heavy atom. The van der Waals surface area contributed by atoms with Crippen LogP contribution in [0.5, 0.6) is 0 Å². The molecule has 30 heavy (non-hydrogen) atoms. The van der Waals surface area contributed by atoms with Crippen molar-refractivity contribution in [2.75, 3.05) is 5.32 Å². The monoisotopic (exact) mass is 418 g/mol. The van der Waals surface area contributed by atoms with Crippen molar-refractivity contribution in [2.24, 2.45) is 0 Å².